The van der Waals surface area contributed by atoms with Gasteiger partial charge in [-0.1, -0.05) is 172 Å². The largest absolute Gasteiger partial charge is 0.309 e. The minimum atomic E-state index is -0.145. The van der Waals surface area contributed by atoms with Crippen LogP contribution in [0.25, 0.3) is 112 Å². The number of rotatable bonds is 7. The van der Waals surface area contributed by atoms with Gasteiger partial charge in [0.25, 0.3) is 0 Å². The molecule has 0 saturated carbocycles. The van der Waals surface area contributed by atoms with Crippen molar-refractivity contribution in [2.24, 2.45) is 0 Å². The third kappa shape index (κ3) is 6.78. The summed E-state index contributed by atoms with van der Waals surface area (Å²) in [5, 5.41) is 5.09. The highest BCUT2D eigenvalue weighted by atomic mass is 15.0. The summed E-state index contributed by atoms with van der Waals surface area (Å²) < 4.78 is 4.79. The van der Waals surface area contributed by atoms with Crippen LogP contribution in [-0.2, 0) is 5.41 Å². The van der Waals surface area contributed by atoms with E-state index in [4.69, 9.17) is 0 Å². The van der Waals surface area contributed by atoms with Crippen molar-refractivity contribution in [2.75, 3.05) is 0 Å². The summed E-state index contributed by atoms with van der Waals surface area (Å²) in [5.74, 6) is 0. The normalized spacial score (nSPS) is 13.0. The van der Waals surface area contributed by atoms with Gasteiger partial charge in [-0.2, -0.15) is 0 Å². The minimum absolute atomic E-state index is 0.145. The number of nitrogens with zero attached hydrogens (tertiary/aromatic N) is 2. The average molecular weight is 883 g/mol. The van der Waals surface area contributed by atoms with Crippen molar-refractivity contribution in [3.63, 3.8) is 0 Å². The maximum atomic E-state index is 2.44. The zero-order valence-electron chi connectivity index (χ0n) is 39.3. The summed E-state index contributed by atoms with van der Waals surface area (Å²) in [5.41, 5.74) is 24.9. The first-order valence-electron chi connectivity index (χ1n) is 24.1. The first-order chi connectivity index (χ1) is 33.7. The molecule has 0 atom stereocenters. The van der Waals surface area contributed by atoms with Crippen molar-refractivity contribution >= 4 is 55.8 Å². The lowest BCUT2D eigenvalue weighted by Gasteiger charge is -2.22. The SMILES string of the molecule is Cc1cc(C)cc(-n2c3ccccc3c3cc(-c4ccc5c(c4)C(C)(C)c4cc(-c6ccc(/C=C/c7ccc(-c8ccc9c(c8)c8ccccc8n9-c8ccccc8)cc7)cc6)ccc4-5)ccc32)c1. The van der Waals surface area contributed by atoms with Crippen molar-refractivity contribution in [1.29, 1.82) is 0 Å². The van der Waals surface area contributed by atoms with Gasteiger partial charge in [-0.15, -0.1) is 0 Å². The molecule has 0 saturated heterocycles. The highest BCUT2D eigenvalue weighted by Crippen LogP contribution is 2.51. The first kappa shape index (κ1) is 40.8. The van der Waals surface area contributed by atoms with E-state index in [0.29, 0.717) is 0 Å². The highest BCUT2D eigenvalue weighted by Gasteiger charge is 2.36. The fraction of sp³-hybridized carbons (Fsp3) is 0.0746. The molecule has 328 valence electrons. The van der Waals surface area contributed by atoms with E-state index >= 15 is 0 Å². The molecule has 2 heterocycles. The molecule has 0 unspecified atom stereocenters. The molecule has 1 aliphatic carbocycles. The summed E-state index contributed by atoms with van der Waals surface area (Å²) >= 11 is 0. The Morgan fingerprint density at radius 3 is 1.23 bits per heavy atom. The zero-order chi connectivity index (χ0) is 46.4. The highest BCUT2D eigenvalue weighted by molar-refractivity contribution is 6.11. The molecule has 10 aromatic carbocycles. The van der Waals surface area contributed by atoms with Crippen LogP contribution in [-0.4, -0.2) is 9.13 Å². The van der Waals surface area contributed by atoms with Gasteiger partial charge in [0.05, 0.1) is 22.1 Å². The van der Waals surface area contributed by atoms with Crippen LogP contribution in [0.4, 0.5) is 0 Å². The Morgan fingerprint density at radius 2 is 0.710 bits per heavy atom. The maximum absolute atomic E-state index is 2.44. The molecular formula is C67H50N2. The molecule has 0 N–H and O–H groups in total. The predicted octanol–water partition coefficient (Wildman–Crippen LogP) is 18.0. The monoisotopic (exact) mass is 882 g/mol. The van der Waals surface area contributed by atoms with Crippen LogP contribution in [0.15, 0.2) is 218 Å². The van der Waals surface area contributed by atoms with E-state index in [1.54, 1.807) is 0 Å². The van der Waals surface area contributed by atoms with Crippen LogP contribution < -0.4 is 0 Å². The number of hydrogen-bond donors (Lipinski definition) is 0. The van der Waals surface area contributed by atoms with E-state index in [1.807, 2.05) is 0 Å². The zero-order valence-corrected chi connectivity index (χ0v) is 39.3. The van der Waals surface area contributed by atoms with E-state index < -0.39 is 0 Å². The molecule has 12 aromatic rings. The third-order valence-corrected chi connectivity index (χ3v) is 14.8. The van der Waals surface area contributed by atoms with Gasteiger partial charge in [-0.3, -0.25) is 0 Å². The number of aryl methyl sites for hydroxylation is 2. The van der Waals surface area contributed by atoms with E-state index in [1.165, 1.54) is 133 Å². The van der Waals surface area contributed by atoms with Crippen LogP contribution in [0.1, 0.15) is 47.2 Å². The Morgan fingerprint density at radius 1 is 0.319 bits per heavy atom. The Bertz CT molecular complexity index is 4010. The van der Waals surface area contributed by atoms with Gasteiger partial charge in [0, 0.05) is 38.3 Å². The van der Waals surface area contributed by atoms with Crippen molar-refractivity contribution in [3.8, 4) is 55.9 Å². The second-order valence-corrected chi connectivity index (χ2v) is 19.6. The molecule has 13 rings (SSSR count). The smallest absolute Gasteiger partial charge is 0.0541 e. The molecule has 0 bridgehead atoms. The first-order valence-corrected chi connectivity index (χ1v) is 24.1. The number of para-hydroxylation sites is 3. The van der Waals surface area contributed by atoms with Gasteiger partial charge in [0.2, 0.25) is 0 Å². The van der Waals surface area contributed by atoms with Crippen LogP contribution in [0.5, 0.6) is 0 Å². The van der Waals surface area contributed by atoms with Crippen LogP contribution in [0.3, 0.4) is 0 Å². The fourth-order valence-electron chi connectivity index (χ4n) is 11.4. The van der Waals surface area contributed by atoms with Crippen molar-refractivity contribution in [2.45, 2.75) is 33.1 Å². The fourth-order valence-corrected chi connectivity index (χ4v) is 11.4. The van der Waals surface area contributed by atoms with Crippen LogP contribution in [0.2, 0.25) is 0 Å². The number of benzene rings is 10. The molecule has 2 heteroatoms. The summed E-state index contributed by atoms with van der Waals surface area (Å²) in [6.07, 6.45) is 4.42. The predicted molar refractivity (Wildman–Crippen MR) is 294 cm³/mol. The average Bonchev–Trinajstić information content (AvgIpc) is 3.98. The molecule has 0 aliphatic heterocycles. The number of hydrogen-bond acceptors (Lipinski definition) is 0. The topological polar surface area (TPSA) is 9.86 Å². The van der Waals surface area contributed by atoms with E-state index in [2.05, 4.69) is 267 Å². The minimum Gasteiger partial charge on any atom is -0.309 e. The Balaban J connectivity index is 0.740. The van der Waals surface area contributed by atoms with E-state index in [-0.39, 0.29) is 5.41 Å². The molecule has 0 fully saturated rings. The molecular weight excluding hydrogens is 833 g/mol. The van der Waals surface area contributed by atoms with Gasteiger partial charge < -0.3 is 9.13 Å². The number of fused-ring (bicyclic) bond motifs is 9. The van der Waals surface area contributed by atoms with Gasteiger partial charge in [-0.25, -0.2) is 0 Å². The molecule has 0 radical (unpaired) electrons. The van der Waals surface area contributed by atoms with Crippen LogP contribution in [0, 0.1) is 13.8 Å². The molecule has 0 spiro atoms. The van der Waals surface area contributed by atoms with Crippen molar-refractivity contribution in [1.82, 2.24) is 9.13 Å². The Kier molecular flexibility index (Phi) is 9.36. The lowest BCUT2D eigenvalue weighted by Crippen LogP contribution is -2.15. The lowest BCUT2D eigenvalue weighted by molar-refractivity contribution is 0.661. The molecule has 2 nitrogen and oxygen atoms in total. The van der Waals surface area contributed by atoms with Gasteiger partial charge >= 0.3 is 0 Å². The van der Waals surface area contributed by atoms with E-state index in [0.717, 1.165) is 0 Å². The summed E-state index contributed by atoms with van der Waals surface area (Å²) in [6, 6.07) is 80.9. The Labute approximate surface area is 403 Å². The van der Waals surface area contributed by atoms with Crippen LogP contribution >= 0.6 is 0 Å². The molecule has 1 aliphatic rings. The quantitative estimate of drug-likeness (QED) is 0.141. The second kappa shape index (κ2) is 15.8. The molecule has 0 amide bonds. The second-order valence-electron chi connectivity index (χ2n) is 19.6. The van der Waals surface area contributed by atoms with E-state index in [9.17, 15) is 0 Å². The third-order valence-electron chi connectivity index (χ3n) is 14.8. The molecule has 2 aromatic heterocycles. The van der Waals surface area contributed by atoms with Gasteiger partial charge in [-0.05, 0) is 165 Å². The van der Waals surface area contributed by atoms with Crippen molar-refractivity contribution in [3.05, 3.63) is 252 Å². The molecule has 69 heavy (non-hydrogen) atoms. The summed E-state index contributed by atoms with van der Waals surface area (Å²) in [4.78, 5) is 0. The standard InChI is InChI=1S/C67H50N2/c1-43-36-44(2)38-54(37-43)69-64-17-11-9-15-58(64)60-40-50(31-35-66(60)69)52-29-33-56-55-32-28-51(41-61(55)67(3,4)62(56)42-52)48-26-22-46(23-27-48)19-18-45-20-24-47(25-21-45)49-30-34-65-59(39-49)57-14-8-10-16-63(57)68(65)53-12-6-5-7-13-53/h5-42H,1-4H3/b19-18+. The van der Waals surface area contributed by atoms with Gasteiger partial charge in [0.15, 0.2) is 0 Å². The lowest BCUT2D eigenvalue weighted by atomic mass is 9.81. The Hall–Kier alpha value is -8.46. The number of aromatic nitrogens is 2. The van der Waals surface area contributed by atoms with Gasteiger partial charge in [0.1, 0.15) is 0 Å². The maximum Gasteiger partial charge on any atom is 0.0541 e. The summed E-state index contributed by atoms with van der Waals surface area (Å²) in [7, 11) is 0. The van der Waals surface area contributed by atoms with Crippen molar-refractivity contribution < 1.29 is 0 Å². The summed E-state index contributed by atoms with van der Waals surface area (Å²) in [6.45, 7) is 9.14.